The van der Waals surface area contributed by atoms with Gasteiger partial charge in [-0.2, -0.15) is 13.2 Å². The Bertz CT molecular complexity index is 343. The summed E-state index contributed by atoms with van der Waals surface area (Å²) in [7, 11) is 0. The topological polar surface area (TPSA) is 32.9 Å². The van der Waals surface area contributed by atoms with Crippen LogP contribution in [0.5, 0.6) is 0 Å². The first kappa shape index (κ1) is 22.0. The van der Waals surface area contributed by atoms with E-state index in [4.69, 9.17) is 0 Å². The fourth-order valence-corrected chi connectivity index (χ4v) is 0.761. The van der Waals surface area contributed by atoms with Crippen LogP contribution in [0, 0.1) is 6.92 Å². The summed E-state index contributed by atoms with van der Waals surface area (Å²) in [5.74, 6) is 0. The zero-order valence-corrected chi connectivity index (χ0v) is 12.2. The van der Waals surface area contributed by atoms with E-state index in [1.807, 2.05) is 46.5 Å². The highest BCUT2D eigenvalue weighted by Crippen LogP contribution is 2.28. The molecule has 108 valence electrons. The predicted octanol–water partition coefficient (Wildman–Crippen LogP) is 4.78. The van der Waals surface area contributed by atoms with Crippen molar-refractivity contribution in [2.45, 2.75) is 54.6 Å². The molecule has 0 unspecified atom stereocenters. The van der Waals surface area contributed by atoms with Crippen LogP contribution in [0.25, 0.3) is 0 Å². The number of halogens is 3. The van der Waals surface area contributed by atoms with E-state index in [0.717, 1.165) is 6.07 Å². The minimum absolute atomic E-state index is 0.0600. The minimum atomic E-state index is -4.39. The number of alkyl halides is 3. The van der Waals surface area contributed by atoms with Crippen LogP contribution in [0.2, 0.25) is 0 Å². The summed E-state index contributed by atoms with van der Waals surface area (Å²) in [6.07, 6.45) is -3.73. The first-order valence-electron chi connectivity index (χ1n) is 6.18. The quantitative estimate of drug-likeness (QED) is 0.720. The lowest BCUT2D eigenvalue weighted by molar-refractivity contribution is -0.137. The van der Waals surface area contributed by atoms with Gasteiger partial charge in [0, 0.05) is 11.8 Å². The van der Waals surface area contributed by atoms with E-state index in [2.05, 4.69) is 0 Å². The van der Waals surface area contributed by atoms with E-state index in [1.54, 1.807) is 0 Å². The van der Waals surface area contributed by atoms with Gasteiger partial charge in [-0.25, -0.2) is 0 Å². The van der Waals surface area contributed by atoms with Gasteiger partial charge >= 0.3 is 6.18 Å². The van der Waals surface area contributed by atoms with Gasteiger partial charge in [-0.15, -0.1) is 0 Å². The molecule has 0 atom stereocenters. The number of rotatable bonds is 0. The highest BCUT2D eigenvalue weighted by molar-refractivity contribution is 5.19. The minimum Gasteiger partial charge on any atom is -0.328 e. The highest BCUT2D eigenvalue weighted by atomic mass is 19.4. The first-order valence-corrected chi connectivity index (χ1v) is 6.18. The fourth-order valence-electron chi connectivity index (χ4n) is 0.761. The Balaban J connectivity index is -0.000000328. The molecule has 0 saturated heterocycles. The molecule has 18 heavy (non-hydrogen) atoms. The van der Waals surface area contributed by atoms with Crippen molar-refractivity contribution in [2.75, 3.05) is 0 Å². The van der Waals surface area contributed by atoms with Crippen molar-refractivity contribution < 1.29 is 13.2 Å². The van der Waals surface area contributed by atoms with Gasteiger partial charge in [-0.05, 0) is 13.0 Å². The zero-order chi connectivity index (χ0) is 15.4. The molecule has 1 aromatic heterocycles. The fraction of sp³-hybridized carbons (Fsp3) is 0.615. The normalized spacial score (nSPS) is 8.78. The van der Waals surface area contributed by atoms with Gasteiger partial charge in [0.05, 0.1) is 5.56 Å². The maximum Gasteiger partial charge on any atom is 0.417 e. The average molecular weight is 267 g/mol. The van der Waals surface area contributed by atoms with Crippen LogP contribution in [-0.4, -0.2) is 4.98 Å². The molecule has 1 aromatic rings. The predicted molar refractivity (Wildman–Crippen MR) is 70.8 cm³/mol. The maximum absolute atomic E-state index is 12.0. The van der Waals surface area contributed by atoms with Crippen molar-refractivity contribution in [1.29, 1.82) is 0 Å². The molecule has 1 heterocycles. The van der Waals surface area contributed by atoms with Crippen molar-refractivity contribution in [1.82, 2.24) is 4.98 Å². The van der Waals surface area contributed by atoms with Crippen LogP contribution < -0.4 is 5.56 Å². The van der Waals surface area contributed by atoms with E-state index in [0.29, 0.717) is 6.20 Å². The van der Waals surface area contributed by atoms with Gasteiger partial charge in [0.2, 0.25) is 0 Å². The van der Waals surface area contributed by atoms with Crippen molar-refractivity contribution in [3.63, 3.8) is 0 Å². The third kappa shape index (κ3) is 8.84. The highest BCUT2D eigenvalue weighted by Gasteiger charge is 2.30. The molecule has 0 radical (unpaired) electrons. The van der Waals surface area contributed by atoms with Gasteiger partial charge in [0.25, 0.3) is 5.56 Å². The van der Waals surface area contributed by atoms with E-state index in [-0.39, 0.29) is 5.56 Å². The molecule has 1 rings (SSSR count). The van der Waals surface area contributed by atoms with Crippen molar-refractivity contribution in [3.8, 4) is 0 Å². The Morgan fingerprint density at radius 2 is 1.39 bits per heavy atom. The molecule has 0 bridgehead atoms. The van der Waals surface area contributed by atoms with Crippen molar-refractivity contribution in [3.05, 3.63) is 33.7 Å². The van der Waals surface area contributed by atoms with Crippen LogP contribution in [-0.2, 0) is 6.18 Å². The molecule has 0 aliphatic carbocycles. The van der Waals surface area contributed by atoms with Crippen LogP contribution in [0.15, 0.2) is 17.1 Å². The molecule has 5 heteroatoms. The second kappa shape index (κ2) is 12.2. The molecular formula is C13H24F3NO. The molecular weight excluding hydrogens is 243 g/mol. The van der Waals surface area contributed by atoms with Crippen molar-refractivity contribution >= 4 is 0 Å². The Morgan fingerprint density at radius 3 is 1.67 bits per heavy atom. The first-order chi connectivity index (χ1) is 8.41. The van der Waals surface area contributed by atoms with Gasteiger partial charge < -0.3 is 4.98 Å². The number of hydrogen-bond donors (Lipinski definition) is 1. The standard InChI is InChI=1S/C7H6F3NO.3C2H6/c1-4-2-5(7(8,9)10)3-11-6(4)12;3*1-2/h2-3H,1H3,(H,11,12);3*1-2H3. The summed E-state index contributed by atoms with van der Waals surface area (Å²) in [5, 5.41) is 0. The zero-order valence-electron chi connectivity index (χ0n) is 12.2. The summed E-state index contributed by atoms with van der Waals surface area (Å²) >= 11 is 0. The van der Waals surface area contributed by atoms with Gasteiger partial charge in [0.15, 0.2) is 0 Å². The van der Waals surface area contributed by atoms with Crippen molar-refractivity contribution in [2.24, 2.45) is 0 Å². The number of aromatic nitrogens is 1. The molecule has 0 saturated carbocycles. The second-order valence-corrected chi connectivity index (χ2v) is 2.40. The number of pyridine rings is 1. The maximum atomic E-state index is 12.0. The summed E-state index contributed by atoms with van der Waals surface area (Å²) in [6.45, 7) is 13.3. The lowest BCUT2D eigenvalue weighted by Crippen LogP contribution is -2.13. The monoisotopic (exact) mass is 267 g/mol. The lowest BCUT2D eigenvalue weighted by atomic mass is 10.2. The lowest BCUT2D eigenvalue weighted by Gasteiger charge is -2.05. The van der Waals surface area contributed by atoms with Crippen LogP contribution >= 0.6 is 0 Å². The van der Waals surface area contributed by atoms with E-state index in [9.17, 15) is 18.0 Å². The van der Waals surface area contributed by atoms with E-state index in [1.165, 1.54) is 6.92 Å². The molecule has 1 N–H and O–H groups in total. The molecule has 0 amide bonds. The SMILES string of the molecule is CC.CC.CC.Cc1cc(C(F)(F)F)c[nH]c1=O. The largest absolute Gasteiger partial charge is 0.417 e. The molecule has 2 nitrogen and oxygen atoms in total. The molecule has 0 aliphatic rings. The van der Waals surface area contributed by atoms with Gasteiger partial charge in [-0.3, -0.25) is 4.79 Å². The Kier molecular flexibility index (Phi) is 14.9. The van der Waals surface area contributed by atoms with Gasteiger partial charge in [0.1, 0.15) is 0 Å². The molecule has 0 spiro atoms. The smallest absolute Gasteiger partial charge is 0.328 e. The van der Waals surface area contributed by atoms with Crippen LogP contribution in [0.4, 0.5) is 13.2 Å². The van der Waals surface area contributed by atoms with E-state index < -0.39 is 17.3 Å². The molecule has 0 fully saturated rings. The number of aromatic amines is 1. The second-order valence-electron chi connectivity index (χ2n) is 2.40. The third-order valence-corrected chi connectivity index (χ3v) is 1.42. The number of aryl methyl sites for hydroxylation is 1. The molecule has 0 aromatic carbocycles. The Morgan fingerprint density at radius 1 is 1.00 bits per heavy atom. The van der Waals surface area contributed by atoms with Crippen LogP contribution in [0.1, 0.15) is 52.7 Å². The number of hydrogen-bond acceptors (Lipinski definition) is 1. The summed E-state index contributed by atoms with van der Waals surface area (Å²) in [6, 6.07) is 0.818. The average Bonchev–Trinajstić information content (AvgIpc) is 2.39. The Hall–Kier alpha value is -1.26. The summed E-state index contributed by atoms with van der Waals surface area (Å²) in [5.41, 5.74) is -1.27. The van der Waals surface area contributed by atoms with E-state index >= 15 is 0 Å². The van der Waals surface area contributed by atoms with Gasteiger partial charge in [-0.1, -0.05) is 41.5 Å². The van der Waals surface area contributed by atoms with Crippen LogP contribution in [0.3, 0.4) is 0 Å². The Labute approximate surface area is 107 Å². The summed E-state index contributed by atoms with van der Waals surface area (Å²) in [4.78, 5) is 12.7. The molecule has 0 aliphatic heterocycles. The summed E-state index contributed by atoms with van der Waals surface area (Å²) < 4.78 is 35.9. The number of nitrogens with one attached hydrogen (secondary N) is 1. The number of H-pyrrole nitrogens is 1. The third-order valence-electron chi connectivity index (χ3n) is 1.42.